The molecule has 0 rings (SSSR count). The van der Waals surface area contributed by atoms with Gasteiger partial charge in [0.25, 0.3) is 0 Å². The lowest BCUT2D eigenvalue weighted by molar-refractivity contribution is -0.121. The standard InChI is InChI=1S/C29H46N2O5/c1-2-3-4-5-6-7-8-9-10-11-12-13-14-15-16-17-18-19-20-21-28(32)30-22-24-35-26-27-36-25-23-31-29(33)34/h3-4,6-7,9-10,12-13,15-16,18-19,31H,2,5,8,11,14,17,20-27H2,1H3,(H,30,32)(H,33,34). The van der Waals surface area contributed by atoms with Gasteiger partial charge in [-0.05, 0) is 44.9 Å². The number of ether oxygens (including phenoxy) is 2. The van der Waals surface area contributed by atoms with E-state index in [2.05, 4.69) is 84.4 Å². The van der Waals surface area contributed by atoms with E-state index in [-0.39, 0.29) is 12.5 Å². The van der Waals surface area contributed by atoms with Crippen molar-refractivity contribution < 1.29 is 24.2 Å². The van der Waals surface area contributed by atoms with Gasteiger partial charge < -0.3 is 25.2 Å². The molecule has 0 saturated heterocycles. The van der Waals surface area contributed by atoms with E-state index in [1.54, 1.807) is 0 Å². The number of amides is 2. The van der Waals surface area contributed by atoms with E-state index in [0.29, 0.717) is 39.4 Å². The molecule has 36 heavy (non-hydrogen) atoms. The molecule has 0 atom stereocenters. The van der Waals surface area contributed by atoms with E-state index in [4.69, 9.17) is 14.6 Å². The Morgan fingerprint density at radius 3 is 1.47 bits per heavy atom. The number of hydrogen-bond donors (Lipinski definition) is 3. The van der Waals surface area contributed by atoms with Crippen molar-refractivity contribution in [2.75, 3.05) is 39.5 Å². The van der Waals surface area contributed by atoms with Crippen LogP contribution in [-0.2, 0) is 14.3 Å². The third-order valence-electron chi connectivity index (χ3n) is 4.60. The molecule has 0 aromatic carbocycles. The molecule has 2 amide bonds. The van der Waals surface area contributed by atoms with Gasteiger partial charge in [-0.3, -0.25) is 4.79 Å². The number of carboxylic acid groups (broad SMARTS) is 1. The molecule has 0 aromatic heterocycles. The van der Waals surface area contributed by atoms with Gasteiger partial charge >= 0.3 is 6.09 Å². The highest BCUT2D eigenvalue weighted by Gasteiger charge is 1.98. The van der Waals surface area contributed by atoms with Crippen LogP contribution in [0.3, 0.4) is 0 Å². The normalized spacial score (nSPS) is 12.4. The Morgan fingerprint density at radius 1 is 0.611 bits per heavy atom. The third-order valence-corrected chi connectivity index (χ3v) is 4.60. The summed E-state index contributed by atoms with van der Waals surface area (Å²) in [7, 11) is 0. The molecule has 0 heterocycles. The first kappa shape index (κ1) is 33.1. The molecule has 0 unspecified atom stereocenters. The van der Waals surface area contributed by atoms with Crippen LogP contribution in [0.4, 0.5) is 4.79 Å². The van der Waals surface area contributed by atoms with Gasteiger partial charge in [0.15, 0.2) is 0 Å². The highest BCUT2D eigenvalue weighted by Crippen LogP contribution is 1.97. The van der Waals surface area contributed by atoms with Gasteiger partial charge in [-0.1, -0.05) is 79.8 Å². The van der Waals surface area contributed by atoms with Crippen molar-refractivity contribution in [3.8, 4) is 0 Å². The molecule has 202 valence electrons. The number of allylic oxidation sites excluding steroid dienone is 12. The molecular formula is C29H46N2O5. The van der Waals surface area contributed by atoms with Crippen molar-refractivity contribution in [1.82, 2.24) is 10.6 Å². The highest BCUT2D eigenvalue weighted by atomic mass is 16.5. The first-order chi connectivity index (χ1) is 17.7. The van der Waals surface area contributed by atoms with Gasteiger partial charge in [0.2, 0.25) is 5.91 Å². The molecule has 0 aliphatic heterocycles. The van der Waals surface area contributed by atoms with Crippen LogP contribution in [0, 0.1) is 0 Å². The average molecular weight is 503 g/mol. The summed E-state index contributed by atoms with van der Waals surface area (Å²) in [4.78, 5) is 22.0. The fourth-order valence-electron chi connectivity index (χ4n) is 2.76. The van der Waals surface area contributed by atoms with Crippen molar-refractivity contribution in [3.63, 3.8) is 0 Å². The van der Waals surface area contributed by atoms with Gasteiger partial charge in [0.1, 0.15) is 0 Å². The van der Waals surface area contributed by atoms with Crippen molar-refractivity contribution >= 4 is 12.0 Å². The van der Waals surface area contributed by atoms with Crippen LogP contribution in [-0.4, -0.2) is 56.6 Å². The van der Waals surface area contributed by atoms with Crippen molar-refractivity contribution in [3.05, 3.63) is 72.9 Å². The number of hydrogen-bond acceptors (Lipinski definition) is 4. The summed E-state index contributed by atoms with van der Waals surface area (Å²) in [5, 5.41) is 13.4. The summed E-state index contributed by atoms with van der Waals surface area (Å²) >= 11 is 0. The molecule has 0 aliphatic carbocycles. The quantitative estimate of drug-likeness (QED) is 0.120. The maximum Gasteiger partial charge on any atom is 0.404 e. The Hall–Kier alpha value is -2.90. The molecule has 0 fully saturated rings. The zero-order chi connectivity index (χ0) is 26.4. The highest BCUT2D eigenvalue weighted by molar-refractivity contribution is 5.75. The Balaban J connectivity index is 3.49. The first-order valence-electron chi connectivity index (χ1n) is 13.0. The third kappa shape index (κ3) is 29.1. The average Bonchev–Trinajstić information content (AvgIpc) is 2.86. The summed E-state index contributed by atoms with van der Waals surface area (Å²) in [5.74, 6) is 0.00845. The number of carbonyl (C=O) groups is 2. The zero-order valence-electron chi connectivity index (χ0n) is 21.9. The van der Waals surface area contributed by atoms with E-state index < -0.39 is 6.09 Å². The van der Waals surface area contributed by atoms with E-state index in [1.807, 2.05) is 6.08 Å². The maximum atomic E-state index is 11.8. The van der Waals surface area contributed by atoms with Crippen LogP contribution >= 0.6 is 0 Å². The number of rotatable bonds is 23. The summed E-state index contributed by atoms with van der Waals surface area (Å²) in [5.41, 5.74) is 0. The number of nitrogens with one attached hydrogen (secondary N) is 2. The van der Waals surface area contributed by atoms with Gasteiger partial charge in [0.05, 0.1) is 26.4 Å². The minimum Gasteiger partial charge on any atom is -0.465 e. The molecule has 0 aliphatic rings. The predicted molar refractivity (Wildman–Crippen MR) is 148 cm³/mol. The molecule has 0 saturated carbocycles. The molecule has 7 heteroatoms. The van der Waals surface area contributed by atoms with E-state index in [0.717, 1.165) is 44.9 Å². The molecule has 0 bridgehead atoms. The molecule has 0 spiro atoms. The van der Waals surface area contributed by atoms with Crippen LogP contribution in [0.15, 0.2) is 72.9 Å². The second-order valence-electron chi connectivity index (χ2n) is 7.76. The van der Waals surface area contributed by atoms with Crippen molar-refractivity contribution in [2.45, 2.75) is 58.3 Å². The van der Waals surface area contributed by atoms with Gasteiger partial charge in [-0.2, -0.15) is 0 Å². The second-order valence-corrected chi connectivity index (χ2v) is 7.76. The lowest BCUT2D eigenvalue weighted by atomic mass is 10.2. The minimum absolute atomic E-state index is 0.00845. The van der Waals surface area contributed by atoms with Crippen molar-refractivity contribution in [2.24, 2.45) is 0 Å². The fourth-order valence-corrected chi connectivity index (χ4v) is 2.76. The van der Waals surface area contributed by atoms with E-state index in [9.17, 15) is 9.59 Å². The molecule has 0 aromatic rings. The fraction of sp³-hybridized carbons (Fsp3) is 0.517. The SMILES string of the molecule is CCC=CCC=CCC=CCC=CCC=CCC=CCCC(=O)NCCOCCOCCNC(=O)O. The van der Waals surface area contributed by atoms with Crippen LogP contribution < -0.4 is 10.6 Å². The molecule has 0 radical (unpaired) electrons. The lowest BCUT2D eigenvalue weighted by Gasteiger charge is -2.07. The zero-order valence-corrected chi connectivity index (χ0v) is 21.9. The Morgan fingerprint density at radius 2 is 1.03 bits per heavy atom. The summed E-state index contributed by atoms with van der Waals surface area (Å²) in [6.45, 7) is 4.38. The topological polar surface area (TPSA) is 96.9 Å². The predicted octanol–water partition coefficient (Wildman–Crippen LogP) is 5.88. The Kier molecular flexibility index (Phi) is 26.1. The Labute approximate surface area is 217 Å². The van der Waals surface area contributed by atoms with Gasteiger partial charge in [0, 0.05) is 19.5 Å². The monoisotopic (exact) mass is 502 g/mol. The maximum absolute atomic E-state index is 11.8. The second kappa shape index (κ2) is 28.3. The van der Waals surface area contributed by atoms with E-state index >= 15 is 0 Å². The van der Waals surface area contributed by atoms with Crippen LogP contribution in [0.2, 0.25) is 0 Å². The van der Waals surface area contributed by atoms with E-state index in [1.165, 1.54) is 0 Å². The minimum atomic E-state index is -1.06. The van der Waals surface area contributed by atoms with Crippen LogP contribution in [0.1, 0.15) is 58.3 Å². The first-order valence-corrected chi connectivity index (χ1v) is 13.0. The van der Waals surface area contributed by atoms with Crippen molar-refractivity contribution in [1.29, 1.82) is 0 Å². The molecule has 7 nitrogen and oxygen atoms in total. The summed E-state index contributed by atoms with van der Waals surface area (Å²) in [6, 6.07) is 0. The van der Waals surface area contributed by atoms with Crippen LogP contribution in [0.5, 0.6) is 0 Å². The summed E-state index contributed by atoms with van der Waals surface area (Å²) in [6.07, 6.45) is 32.0. The molecular weight excluding hydrogens is 456 g/mol. The smallest absolute Gasteiger partial charge is 0.404 e. The van der Waals surface area contributed by atoms with Crippen LogP contribution in [0.25, 0.3) is 0 Å². The Bertz CT molecular complexity index is 708. The largest absolute Gasteiger partial charge is 0.465 e. The molecule has 3 N–H and O–H groups in total. The number of carbonyl (C=O) groups excluding carboxylic acids is 1. The van der Waals surface area contributed by atoms with Gasteiger partial charge in [-0.25, -0.2) is 4.79 Å². The summed E-state index contributed by atoms with van der Waals surface area (Å²) < 4.78 is 10.5. The lowest BCUT2D eigenvalue weighted by Crippen LogP contribution is -2.27. The van der Waals surface area contributed by atoms with Gasteiger partial charge in [-0.15, -0.1) is 0 Å².